The highest BCUT2D eigenvalue weighted by Gasteiger charge is 2.16. The van der Waals surface area contributed by atoms with E-state index in [1.165, 1.54) is 21.3 Å². The quantitative estimate of drug-likeness (QED) is 0.464. The maximum absolute atomic E-state index is 12.6. The first-order valence-electron chi connectivity index (χ1n) is 9.38. The van der Waals surface area contributed by atoms with Gasteiger partial charge in [-0.25, -0.2) is 5.43 Å². The number of ether oxygens (including phenoxy) is 3. The Morgan fingerprint density at radius 3 is 1.87 bits per heavy atom. The lowest BCUT2D eigenvalue weighted by atomic mass is 10.0. The zero-order chi connectivity index (χ0) is 21.5. The van der Waals surface area contributed by atoms with Crippen molar-refractivity contribution in [1.82, 2.24) is 5.43 Å². The third kappa shape index (κ3) is 4.60. The number of nitrogens with zero attached hydrogens (tertiary/aromatic N) is 1. The molecule has 3 aromatic rings. The molecule has 0 unspecified atom stereocenters. The molecule has 0 atom stereocenters. The maximum Gasteiger partial charge on any atom is 0.271 e. The zero-order valence-electron chi connectivity index (χ0n) is 17.4. The smallest absolute Gasteiger partial charge is 0.271 e. The Labute approximate surface area is 176 Å². The fraction of sp³-hybridized carbons (Fsp3) is 0.167. The predicted molar refractivity (Wildman–Crippen MR) is 118 cm³/mol. The molecule has 0 saturated carbocycles. The van der Waals surface area contributed by atoms with Gasteiger partial charge in [-0.3, -0.25) is 4.79 Å². The summed E-state index contributed by atoms with van der Waals surface area (Å²) in [5.41, 5.74) is 6.80. The third-order valence-corrected chi connectivity index (χ3v) is 4.66. The summed E-state index contributed by atoms with van der Waals surface area (Å²) in [4.78, 5) is 12.6. The Kier molecular flexibility index (Phi) is 6.70. The van der Waals surface area contributed by atoms with Crippen molar-refractivity contribution in [1.29, 1.82) is 0 Å². The molecule has 1 amide bonds. The number of carbonyl (C=O) groups is 1. The molecule has 6 heteroatoms. The van der Waals surface area contributed by atoms with Crippen molar-refractivity contribution in [3.63, 3.8) is 0 Å². The Bertz CT molecular complexity index is 1020. The van der Waals surface area contributed by atoms with Gasteiger partial charge in [0.05, 0.1) is 27.0 Å². The van der Waals surface area contributed by atoms with Gasteiger partial charge in [0, 0.05) is 5.56 Å². The molecule has 0 aliphatic rings. The summed E-state index contributed by atoms with van der Waals surface area (Å²) in [5.74, 6) is 0.850. The van der Waals surface area contributed by atoms with Gasteiger partial charge in [0.2, 0.25) is 5.75 Å². The number of hydrazone groups is 1. The van der Waals surface area contributed by atoms with Gasteiger partial charge in [-0.1, -0.05) is 54.6 Å². The number of hydrogen-bond donors (Lipinski definition) is 1. The van der Waals surface area contributed by atoms with Crippen LogP contribution in [0.1, 0.15) is 22.8 Å². The first kappa shape index (κ1) is 20.9. The highest BCUT2D eigenvalue weighted by Crippen LogP contribution is 2.38. The average Bonchev–Trinajstić information content (AvgIpc) is 2.81. The van der Waals surface area contributed by atoms with Gasteiger partial charge in [-0.2, -0.15) is 5.10 Å². The Morgan fingerprint density at radius 1 is 0.767 bits per heavy atom. The van der Waals surface area contributed by atoms with E-state index in [4.69, 9.17) is 14.2 Å². The topological polar surface area (TPSA) is 69.2 Å². The monoisotopic (exact) mass is 404 g/mol. The van der Waals surface area contributed by atoms with Crippen LogP contribution in [0.25, 0.3) is 11.1 Å². The molecule has 0 heterocycles. The summed E-state index contributed by atoms with van der Waals surface area (Å²) in [6.07, 6.45) is 0. The van der Waals surface area contributed by atoms with E-state index in [2.05, 4.69) is 22.7 Å². The molecule has 1 N–H and O–H groups in total. The van der Waals surface area contributed by atoms with E-state index in [1.54, 1.807) is 12.1 Å². The molecule has 0 radical (unpaired) electrons. The predicted octanol–water partition coefficient (Wildman–Crippen LogP) is 4.53. The Balaban J connectivity index is 1.76. The van der Waals surface area contributed by atoms with E-state index < -0.39 is 0 Å². The maximum atomic E-state index is 12.6. The number of nitrogens with one attached hydrogen (secondary N) is 1. The molecular formula is C24H24N2O4. The van der Waals surface area contributed by atoms with Crippen LogP contribution in [0.5, 0.6) is 17.2 Å². The second-order valence-electron chi connectivity index (χ2n) is 6.50. The van der Waals surface area contributed by atoms with E-state index in [0.717, 1.165) is 16.7 Å². The zero-order valence-corrected chi connectivity index (χ0v) is 17.4. The van der Waals surface area contributed by atoms with Gasteiger partial charge in [0.1, 0.15) is 0 Å². The Hall–Kier alpha value is -3.80. The molecule has 0 saturated heterocycles. The summed E-state index contributed by atoms with van der Waals surface area (Å²) in [7, 11) is 4.51. The molecule has 0 spiro atoms. The number of amides is 1. The van der Waals surface area contributed by atoms with Gasteiger partial charge < -0.3 is 14.2 Å². The first-order valence-corrected chi connectivity index (χ1v) is 9.38. The van der Waals surface area contributed by atoms with Crippen LogP contribution in [-0.2, 0) is 0 Å². The van der Waals surface area contributed by atoms with E-state index in [9.17, 15) is 4.79 Å². The highest BCUT2D eigenvalue weighted by molar-refractivity contribution is 6.01. The molecule has 3 rings (SSSR count). The average molecular weight is 404 g/mol. The largest absolute Gasteiger partial charge is 0.493 e. The molecule has 3 aromatic carbocycles. The normalized spacial score (nSPS) is 11.0. The number of rotatable bonds is 7. The van der Waals surface area contributed by atoms with Crippen molar-refractivity contribution in [3.8, 4) is 28.4 Å². The van der Waals surface area contributed by atoms with Crippen LogP contribution in [0.3, 0.4) is 0 Å². The van der Waals surface area contributed by atoms with Crippen molar-refractivity contribution in [2.45, 2.75) is 6.92 Å². The van der Waals surface area contributed by atoms with Crippen LogP contribution in [0, 0.1) is 0 Å². The van der Waals surface area contributed by atoms with Crippen molar-refractivity contribution >= 4 is 11.6 Å². The molecule has 0 aliphatic heterocycles. The lowest BCUT2D eigenvalue weighted by Crippen LogP contribution is -2.19. The molecule has 154 valence electrons. The van der Waals surface area contributed by atoms with Crippen molar-refractivity contribution in [3.05, 3.63) is 77.9 Å². The van der Waals surface area contributed by atoms with Gasteiger partial charge in [0.15, 0.2) is 11.5 Å². The minimum atomic E-state index is -0.380. The third-order valence-electron chi connectivity index (χ3n) is 4.66. The second-order valence-corrected chi connectivity index (χ2v) is 6.50. The van der Waals surface area contributed by atoms with Crippen LogP contribution >= 0.6 is 0 Å². The standard InChI is InChI=1S/C24H24N2O4/c1-16(17-10-12-19(13-11-17)18-8-6-5-7-9-18)25-26-24(27)20-14-21(28-2)23(30-4)22(15-20)29-3/h5-15H,1-4H3,(H,26,27)/b25-16-. The van der Waals surface area contributed by atoms with Crippen molar-refractivity contribution in [2.75, 3.05) is 21.3 Å². The van der Waals surface area contributed by atoms with Crippen molar-refractivity contribution < 1.29 is 19.0 Å². The molecule has 30 heavy (non-hydrogen) atoms. The van der Waals surface area contributed by atoms with E-state index in [-0.39, 0.29) is 5.91 Å². The molecule has 0 aromatic heterocycles. The van der Waals surface area contributed by atoms with Crippen LogP contribution in [0.4, 0.5) is 0 Å². The van der Waals surface area contributed by atoms with Gasteiger partial charge >= 0.3 is 0 Å². The van der Waals surface area contributed by atoms with Crippen molar-refractivity contribution in [2.24, 2.45) is 5.10 Å². The minimum absolute atomic E-state index is 0.348. The van der Waals surface area contributed by atoms with E-state index in [0.29, 0.717) is 28.5 Å². The number of methoxy groups -OCH3 is 3. The second kappa shape index (κ2) is 9.60. The SMILES string of the molecule is COc1cc(C(=O)N/N=C(/C)c2ccc(-c3ccccc3)cc2)cc(OC)c1OC. The number of hydrogen-bond acceptors (Lipinski definition) is 5. The molecule has 0 bridgehead atoms. The fourth-order valence-corrected chi connectivity index (χ4v) is 3.01. The molecule has 0 aliphatic carbocycles. The fourth-order valence-electron chi connectivity index (χ4n) is 3.01. The lowest BCUT2D eigenvalue weighted by Gasteiger charge is -2.13. The number of carbonyl (C=O) groups excluding carboxylic acids is 1. The van der Waals surface area contributed by atoms with E-state index >= 15 is 0 Å². The summed E-state index contributed by atoms with van der Waals surface area (Å²) in [6.45, 7) is 1.84. The summed E-state index contributed by atoms with van der Waals surface area (Å²) in [5, 5.41) is 4.23. The summed E-state index contributed by atoms with van der Waals surface area (Å²) in [6, 6.07) is 21.3. The van der Waals surface area contributed by atoms with Crippen LogP contribution < -0.4 is 19.6 Å². The highest BCUT2D eigenvalue weighted by atomic mass is 16.5. The van der Waals surface area contributed by atoms with Gasteiger partial charge in [-0.15, -0.1) is 0 Å². The Morgan fingerprint density at radius 2 is 1.33 bits per heavy atom. The van der Waals surface area contributed by atoms with Crippen LogP contribution in [0.15, 0.2) is 71.8 Å². The van der Waals surface area contributed by atoms with Gasteiger partial charge in [0.25, 0.3) is 5.91 Å². The summed E-state index contributed by atoms with van der Waals surface area (Å²) < 4.78 is 15.9. The van der Waals surface area contributed by atoms with Gasteiger partial charge in [-0.05, 0) is 35.7 Å². The molecule has 6 nitrogen and oxygen atoms in total. The molecule has 0 fully saturated rings. The van der Waals surface area contributed by atoms with Crippen LogP contribution in [0.2, 0.25) is 0 Å². The van der Waals surface area contributed by atoms with E-state index in [1.807, 2.05) is 49.4 Å². The lowest BCUT2D eigenvalue weighted by molar-refractivity contribution is 0.0954. The first-order chi connectivity index (χ1) is 14.6. The minimum Gasteiger partial charge on any atom is -0.493 e. The summed E-state index contributed by atoms with van der Waals surface area (Å²) >= 11 is 0. The number of benzene rings is 3. The molecular weight excluding hydrogens is 380 g/mol. The van der Waals surface area contributed by atoms with Crippen LogP contribution in [-0.4, -0.2) is 32.9 Å².